The van der Waals surface area contributed by atoms with Crippen LogP contribution in [-0.4, -0.2) is 51.2 Å². The summed E-state index contributed by atoms with van der Waals surface area (Å²) in [4.78, 5) is 14.4. The van der Waals surface area contributed by atoms with Gasteiger partial charge in [-0.15, -0.1) is 0 Å². The summed E-state index contributed by atoms with van der Waals surface area (Å²) in [5.74, 6) is 0.697. The van der Waals surface area contributed by atoms with E-state index in [-0.39, 0.29) is 17.7 Å². The van der Waals surface area contributed by atoms with Gasteiger partial charge in [-0.25, -0.2) is 13.1 Å². The quantitative estimate of drug-likeness (QED) is 0.769. The maximum atomic E-state index is 12.7. The lowest BCUT2D eigenvalue weighted by molar-refractivity contribution is 0.0710. The Morgan fingerprint density at radius 3 is 2.62 bits per heavy atom. The van der Waals surface area contributed by atoms with Gasteiger partial charge in [0.05, 0.1) is 18.4 Å². The Morgan fingerprint density at radius 2 is 2.04 bits per heavy atom. The van der Waals surface area contributed by atoms with Crippen LogP contribution in [0.2, 0.25) is 0 Å². The van der Waals surface area contributed by atoms with Gasteiger partial charge < -0.3 is 9.64 Å². The number of likely N-dealkylation sites (tertiary alicyclic amines) is 1. The van der Waals surface area contributed by atoms with Crippen LogP contribution in [0, 0.1) is 0 Å². The average molecular weight is 419 g/mol. The number of nitrogens with zero attached hydrogens (tertiary/aromatic N) is 1. The van der Waals surface area contributed by atoms with Crippen molar-refractivity contribution in [3.63, 3.8) is 0 Å². The molecule has 1 heterocycles. The number of halogens is 1. The molecule has 1 N–H and O–H groups in total. The first-order valence-corrected chi connectivity index (χ1v) is 10.4. The number of benzene rings is 1. The number of sulfonamides is 1. The smallest absolute Gasteiger partial charge is 0.255 e. The molecule has 0 atom stereocenters. The monoisotopic (exact) mass is 418 g/mol. The van der Waals surface area contributed by atoms with Gasteiger partial charge in [-0.2, -0.15) is 0 Å². The Labute approximate surface area is 151 Å². The van der Waals surface area contributed by atoms with Crippen LogP contribution < -0.4 is 9.46 Å². The van der Waals surface area contributed by atoms with Crippen molar-refractivity contribution in [1.29, 1.82) is 0 Å². The number of piperidine rings is 1. The second kappa shape index (κ2) is 8.31. The Morgan fingerprint density at radius 1 is 1.38 bits per heavy atom. The molecule has 1 aromatic rings. The summed E-state index contributed by atoms with van der Waals surface area (Å²) in [7, 11) is -1.65. The summed E-state index contributed by atoms with van der Waals surface area (Å²) >= 11 is 3.40. The molecule has 0 aliphatic carbocycles. The van der Waals surface area contributed by atoms with E-state index >= 15 is 0 Å². The van der Waals surface area contributed by atoms with Gasteiger partial charge in [-0.3, -0.25) is 4.79 Å². The van der Waals surface area contributed by atoms with Crippen LogP contribution in [0.1, 0.15) is 36.5 Å². The van der Waals surface area contributed by atoms with Gasteiger partial charge in [-0.1, -0.05) is 6.92 Å². The van der Waals surface area contributed by atoms with E-state index in [0.29, 0.717) is 43.7 Å². The number of rotatable bonds is 6. The molecule has 0 bridgehead atoms. The highest BCUT2D eigenvalue weighted by atomic mass is 79.9. The highest BCUT2D eigenvalue weighted by Crippen LogP contribution is 2.25. The minimum atomic E-state index is -3.21. The van der Waals surface area contributed by atoms with Crippen LogP contribution in [0.15, 0.2) is 22.7 Å². The van der Waals surface area contributed by atoms with Crippen LogP contribution >= 0.6 is 15.9 Å². The van der Waals surface area contributed by atoms with Crippen molar-refractivity contribution in [2.45, 2.75) is 32.2 Å². The highest BCUT2D eigenvalue weighted by molar-refractivity contribution is 9.10. The molecule has 24 heavy (non-hydrogen) atoms. The molecule has 134 valence electrons. The zero-order valence-corrected chi connectivity index (χ0v) is 16.3. The van der Waals surface area contributed by atoms with E-state index in [2.05, 4.69) is 20.7 Å². The molecular weight excluding hydrogens is 396 g/mol. The summed E-state index contributed by atoms with van der Waals surface area (Å²) in [6.45, 7) is 2.90. The van der Waals surface area contributed by atoms with E-state index in [1.54, 1.807) is 30.2 Å². The number of hydrogen-bond acceptors (Lipinski definition) is 4. The van der Waals surface area contributed by atoms with Crippen molar-refractivity contribution < 1.29 is 17.9 Å². The van der Waals surface area contributed by atoms with E-state index in [4.69, 9.17) is 4.74 Å². The number of hydrogen-bond donors (Lipinski definition) is 1. The predicted octanol–water partition coefficient (Wildman–Crippen LogP) is 2.39. The normalized spacial score (nSPS) is 16.2. The molecule has 0 unspecified atom stereocenters. The van der Waals surface area contributed by atoms with Crippen molar-refractivity contribution >= 4 is 31.9 Å². The molecule has 0 radical (unpaired) electrons. The molecule has 0 saturated carbocycles. The maximum Gasteiger partial charge on any atom is 0.255 e. The largest absolute Gasteiger partial charge is 0.497 e. The van der Waals surface area contributed by atoms with Crippen LogP contribution in [0.4, 0.5) is 0 Å². The SMILES string of the molecule is CCCS(=O)(=O)NC1CCN(C(=O)c2cc(OC)ccc2Br)CC1. The summed E-state index contributed by atoms with van der Waals surface area (Å²) in [5, 5.41) is 0. The van der Waals surface area contributed by atoms with Gasteiger partial charge in [0.2, 0.25) is 10.0 Å². The first-order chi connectivity index (χ1) is 11.4. The lowest BCUT2D eigenvalue weighted by Gasteiger charge is -2.32. The molecule has 8 heteroatoms. The molecule has 0 spiro atoms. The van der Waals surface area contributed by atoms with E-state index in [1.807, 2.05) is 6.92 Å². The van der Waals surface area contributed by atoms with Gasteiger partial charge in [0, 0.05) is 23.6 Å². The van der Waals surface area contributed by atoms with Gasteiger partial charge in [0.25, 0.3) is 5.91 Å². The number of amides is 1. The zero-order chi connectivity index (χ0) is 17.7. The molecule has 1 aliphatic heterocycles. The fourth-order valence-corrected chi connectivity index (χ4v) is 4.56. The molecule has 1 saturated heterocycles. The van der Waals surface area contributed by atoms with Gasteiger partial charge in [0.15, 0.2) is 0 Å². The number of nitrogens with one attached hydrogen (secondary N) is 1. The number of carbonyl (C=O) groups is 1. The summed E-state index contributed by atoms with van der Waals surface area (Å²) in [6, 6.07) is 5.19. The minimum Gasteiger partial charge on any atom is -0.497 e. The first kappa shape index (κ1) is 19.2. The number of ether oxygens (including phenoxy) is 1. The lowest BCUT2D eigenvalue weighted by atomic mass is 10.0. The molecule has 1 aromatic carbocycles. The van der Waals surface area contributed by atoms with E-state index in [9.17, 15) is 13.2 Å². The lowest BCUT2D eigenvalue weighted by Crippen LogP contribution is -2.47. The van der Waals surface area contributed by atoms with Gasteiger partial charge >= 0.3 is 0 Å². The fourth-order valence-electron chi connectivity index (χ4n) is 2.75. The maximum absolute atomic E-state index is 12.7. The molecule has 0 aromatic heterocycles. The second-order valence-electron chi connectivity index (χ2n) is 5.85. The zero-order valence-electron chi connectivity index (χ0n) is 13.9. The number of methoxy groups -OCH3 is 1. The fraction of sp³-hybridized carbons (Fsp3) is 0.562. The van der Waals surface area contributed by atoms with Crippen LogP contribution in [0.5, 0.6) is 5.75 Å². The Hall–Kier alpha value is -1.12. The van der Waals surface area contributed by atoms with Crippen molar-refractivity contribution in [2.75, 3.05) is 26.0 Å². The van der Waals surface area contributed by atoms with Crippen molar-refractivity contribution in [3.05, 3.63) is 28.2 Å². The molecule has 1 fully saturated rings. The van der Waals surface area contributed by atoms with Gasteiger partial charge in [-0.05, 0) is 53.4 Å². The first-order valence-electron chi connectivity index (χ1n) is 7.99. The summed E-state index contributed by atoms with van der Waals surface area (Å²) in [5.41, 5.74) is 0.555. The minimum absolute atomic E-state index is 0.0735. The molecule has 1 amide bonds. The summed E-state index contributed by atoms with van der Waals surface area (Å²) in [6.07, 6.45) is 1.84. The summed E-state index contributed by atoms with van der Waals surface area (Å²) < 4.78 is 32.3. The number of carbonyl (C=O) groups excluding carboxylic acids is 1. The Bertz CT molecular complexity index is 685. The predicted molar refractivity (Wildman–Crippen MR) is 96.8 cm³/mol. The molecule has 6 nitrogen and oxygen atoms in total. The Balaban J connectivity index is 1.98. The molecule has 1 aliphatic rings. The second-order valence-corrected chi connectivity index (χ2v) is 8.58. The molecule has 2 rings (SSSR count). The van der Waals surface area contributed by atoms with Crippen LogP contribution in [0.3, 0.4) is 0 Å². The van der Waals surface area contributed by atoms with Crippen molar-refractivity contribution in [1.82, 2.24) is 9.62 Å². The van der Waals surface area contributed by atoms with E-state index < -0.39 is 10.0 Å². The molecular formula is C16H23BrN2O4S. The topological polar surface area (TPSA) is 75.7 Å². The third-order valence-corrected chi connectivity index (χ3v) is 6.33. The standard InChI is InChI=1S/C16H23BrN2O4S/c1-3-10-24(21,22)18-12-6-8-19(9-7-12)16(20)14-11-13(23-2)4-5-15(14)17/h4-5,11-12,18H,3,6-10H2,1-2H3. The Kier molecular flexibility index (Phi) is 6.65. The van der Waals surface area contributed by atoms with Gasteiger partial charge in [0.1, 0.15) is 5.75 Å². The van der Waals surface area contributed by atoms with E-state index in [0.717, 1.165) is 4.47 Å². The third-order valence-electron chi connectivity index (χ3n) is 4.01. The van der Waals surface area contributed by atoms with Crippen molar-refractivity contribution in [2.24, 2.45) is 0 Å². The van der Waals surface area contributed by atoms with E-state index in [1.165, 1.54) is 0 Å². The average Bonchev–Trinajstić information content (AvgIpc) is 2.55. The van der Waals surface area contributed by atoms with Crippen LogP contribution in [0.25, 0.3) is 0 Å². The third kappa shape index (κ3) is 4.94. The van der Waals surface area contributed by atoms with Crippen LogP contribution in [-0.2, 0) is 10.0 Å². The highest BCUT2D eigenvalue weighted by Gasteiger charge is 2.27. The van der Waals surface area contributed by atoms with Crippen molar-refractivity contribution in [3.8, 4) is 5.75 Å².